The third-order valence-corrected chi connectivity index (χ3v) is 6.09. The van der Waals surface area contributed by atoms with Crippen molar-refractivity contribution in [3.05, 3.63) is 58.6 Å². The molecule has 0 heterocycles. The lowest BCUT2D eigenvalue weighted by Gasteiger charge is -2.38. The molecule has 178 valence electrons. The van der Waals surface area contributed by atoms with Crippen molar-refractivity contribution >= 4 is 35.0 Å². The van der Waals surface area contributed by atoms with Crippen LogP contribution in [0.3, 0.4) is 0 Å². The fraction of sp³-hybridized carbons (Fsp3) is 0.417. The van der Waals surface area contributed by atoms with E-state index in [0.717, 1.165) is 0 Å². The second-order valence-corrected chi connectivity index (χ2v) is 9.29. The number of hydrogen-bond acceptors (Lipinski definition) is 5. The Balaban J connectivity index is 1.37. The predicted octanol–water partition coefficient (Wildman–Crippen LogP) is 3.75. The maximum atomic E-state index is 12.3. The van der Waals surface area contributed by atoms with Crippen molar-refractivity contribution in [2.24, 2.45) is 0 Å². The SMILES string of the molecule is CC1(NC(=O)COc2ccc(Cl)cc2)CCC(NC(=O)C(O)COc2ccc(Cl)cc2)CC1. The summed E-state index contributed by atoms with van der Waals surface area (Å²) in [5.74, 6) is 0.419. The number of carbonyl (C=O) groups is 2. The van der Waals surface area contributed by atoms with E-state index in [9.17, 15) is 14.7 Å². The minimum atomic E-state index is -1.28. The van der Waals surface area contributed by atoms with E-state index in [1.807, 2.05) is 6.92 Å². The molecule has 0 bridgehead atoms. The first-order valence-corrected chi connectivity index (χ1v) is 11.5. The molecule has 1 saturated carbocycles. The van der Waals surface area contributed by atoms with Crippen LogP contribution in [0.25, 0.3) is 0 Å². The van der Waals surface area contributed by atoms with Crippen LogP contribution in [0.2, 0.25) is 10.0 Å². The highest BCUT2D eigenvalue weighted by molar-refractivity contribution is 6.30. The smallest absolute Gasteiger partial charge is 0.258 e. The number of aliphatic hydroxyl groups is 1. The summed E-state index contributed by atoms with van der Waals surface area (Å²) in [4.78, 5) is 24.6. The minimum absolute atomic E-state index is 0.0713. The molecule has 1 unspecified atom stereocenters. The zero-order valence-electron chi connectivity index (χ0n) is 18.4. The second kappa shape index (κ2) is 11.6. The standard InChI is InChI=1S/C24H28Cl2N2O5/c1-24(28-22(30)15-33-20-8-4-17(26)5-9-20)12-10-18(11-13-24)27-23(31)21(29)14-32-19-6-2-16(25)3-7-19/h2-9,18,21,29H,10-15H2,1H3,(H,27,31)(H,28,30). The Morgan fingerprint density at radius 3 is 2.06 bits per heavy atom. The average Bonchev–Trinajstić information content (AvgIpc) is 2.79. The zero-order chi connectivity index (χ0) is 23.8. The van der Waals surface area contributed by atoms with Gasteiger partial charge in [-0.3, -0.25) is 9.59 Å². The lowest BCUT2D eigenvalue weighted by atomic mass is 9.80. The maximum Gasteiger partial charge on any atom is 0.258 e. The van der Waals surface area contributed by atoms with Gasteiger partial charge in [-0.1, -0.05) is 23.2 Å². The number of aliphatic hydroxyl groups excluding tert-OH is 1. The molecule has 0 spiro atoms. The van der Waals surface area contributed by atoms with Crippen LogP contribution < -0.4 is 20.1 Å². The highest BCUT2D eigenvalue weighted by Gasteiger charge is 2.33. The van der Waals surface area contributed by atoms with Crippen LogP contribution in [-0.2, 0) is 9.59 Å². The lowest BCUT2D eigenvalue weighted by Crippen LogP contribution is -2.53. The van der Waals surface area contributed by atoms with E-state index in [0.29, 0.717) is 47.2 Å². The molecule has 1 atom stereocenters. The first-order valence-electron chi connectivity index (χ1n) is 10.8. The number of halogens is 2. The Hall–Kier alpha value is -2.48. The normalized spacial score (nSPS) is 21.0. The Morgan fingerprint density at radius 1 is 1.00 bits per heavy atom. The van der Waals surface area contributed by atoms with Gasteiger partial charge in [0.15, 0.2) is 12.7 Å². The molecule has 3 N–H and O–H groups in total. The number of hydrogen-bond donors (Lipinski definition) is 3. The van der Waals surface area contributed by atoms with Gasteiger partial charge < -0.3 is 25.2 Å². The molecule has 1 aliphatic rings. The molecule has 2 aromatic rings. The fourth-order valence-electron chi connectivity index (χ4n) is 3.66. The summed E-state index contributed by atoms with van der Waals surface area (Å²) in [7, 11) is 0. The van der Waals surface area contributed by atoms with Gasteiger partial charge in [0.25, 0.3) is 11.8 Å². The third kappa shape index (κ3) is 8.11. The molecular formula is C24H28Cl2N2O5. The van der Waals surface area contributed by atoms with Crippen molar-refractivity contribution < 1.29 is 24.2 Å². The summed E-state index contributed by atoms with van der Waals surface area (Å²) >= 11 is 11.7. The van der Waals surface area contributed by atoms with Crippen molar-refractivity contribution in [2.75, 3.05) is 13.2 Å². The first kappa shape index (κ1) is 25.1. The number of carbonyl (C=O) groups excluding carboxylic acids is 2. The van der Waals surface area contributed by atoms with Gasteiger partial charge in [-0.05, 0) is 81.1 Å². The van der Waals surface area contributed by atoms with Crippen LogP contribution >= 0.6 is 23.2 Å². The maximum absolute atomic E-state index is 12.3. The summed E-state index contributed by atoms with van der Waals surface area (Å²) in [6, 6.07) is 13.4. The van der Waals surface area contributed by atoms with E-state index < -0.39 is 12.0 Å². The van der Waals surface area contributed by atoms with Crippen LogP contribution in [0.5, 0.6) is 11.5 Å². The monoisotopic (exact) mass is 494 g/mol. The van der Waals surface area contributed by atoms with Gasteiger partial charge >= 0.3 is 0 Å². The molecule has 33 heavy (non-hydrogen) atoms. The Morgan fingerprint density at radius 2 is 1.52 bits per heavy atom. The van der Waals surface area contributed by atoms with E-state index >= 15 is 0 Å². The average molecular weight is 495 g/mol. The lowest BCUT2D eigenvalue weighted by molar-refractivity contribution is -0.132. The summed E-state index contributed by atoms with van der Waals surface area (Å²) in [5, 5.41) is 17.2. The molecule has 1 fully saturated rings. The molecule has 2 amide bonds. The molecular weight excluding hydrogens is 467 g/mol. The first-order chi connectivity index (χ1) is 15.7. The number of ether oxygens (including phenoxy) is 2. The Bertz CT molecular complexity index is 929. The quantitative estimate of drug-likeness (QED) is 0.493. The molecule has 3 rings (SSSR count). The summed E-state index contributed by atoms with van der Waals surface area (Å²) in [6.07, 6.45) is 1.49. The minimum Gasteiger partial charge on any atom is -0.490 e. The summed E-state index contributed by atoms with van der Waals surface area (Å²) in [5.41, 5.74) is -0.377. The van der Waals surface area contributed by atoms with Gasteiger partial charge in [-0.15, -0.1) is 0 Å². The van der Waals surface area contributed by atoms with Crippen molar-refractivity contribution in [1.82, 2.24) is 10.6 Å². The van der Waals surface area contributed by atoms with Crippen molar-refractivity contribution in [3.63, 3.8) is 0 Å². The molecule has 7 nitrogen and oxygen atoms in total. The van der Waals surface area contributed by atoms with Crippen LogP contribution in [-0.4, -0.2) is 47.8 Å². The van der Waals surface area contributed by atoms with Gasteiger partial charge in [0.05, 0.1) is 0 Å². The summed E-state index contributed by atoms with van der Waals surface area (Å²) in [6.45, 7) is 1.75. The number of nitrogens with one attached hydrogen (secondary N) is 2. The van der Waals surface area contributed by atoms with Crippen LogP contribution in [0.15, 0.2) is 48.5 Å². The van der Waals surface area contributed by atoms with Gasteiger partial charge in [-0.25, -0.2) is 0 Å². The van der Waals surface area contributed by atoms with Gasteiger partial charge in [0.2, 0.25) is 0 Å². The van der Waals surface area contributed by atoms with E-state index in [4.69, 9.17) is 32.7 Å². The number of rotatable bonds is 9. The predicted molar refractivity (Wildman–Crippen MR) is 127 cm³/mol. The third-order valence-electron chi connectivity index (χ3n) is 5.58. The van der Waals surface area contributed by atoms with E-state index in [1.165, 1.54) is 0 Å². The van der Waals surface area contributed by atoms with Crippen molar-refractivity contribution in [2.45, 2.75) is 50.3 Å². The Labute approximate surface area is 203 Å². The van der Waals surface area contributed by atoms with Gasteiger partial charge in [0, 0.05) is 21.6 Å². The zero-order valence-corrected chi connectivity index (χ0v) is 19.9. The molecule has 0 radical (unpaired) electrons. The van der Waals surface area contributed by atoms with Crippen molar-refractivity contribution in [3.8, 4) is 11.5 Å². The second-order valence-electron chi connectivity index (χ2n) is 8.42. The molecule has 0 aromatic heterocycles. The highest BCUT2D eigenvalue weighted by atomic mass is 35.5. The van der Waals surface area contributed by atoms with Gasteiger partial charge in [-0.2, -0.15) is 0 Å². The van der Waals surface area contributed by atoms with Crippen LogP contribution in [0.4, 0.5) is 0 Å². The van der Waals surface area contributed by atoms with Crippen LogP contribution in [0.1, 0.15) is 32.6 Å². The topological polar surface area (TPSA) is 96.9 Å². The van der Waals surface area contributed by atoms with Crippen molar-refractivity contribution in [1.29, 1.82) is 0 Å². The molecule has 1 aliphatic carbocycles. The molecule has 9 heteroatoms. The highest BCUT2D eigenvalue weighted by Crippen LogP contribution is 2.28. The number of amides is 2. The van der Waals surface area contributed by atoms with Crippen LogP contribution in [0, 0.1) is 0 Å². The Kier molecular flexibility index (Phi) is 8.83. The number of benzene rings is 2. The largest absolute Gasteiger partial charge is 0.490 e. The van der Waals surface area contributed by atoms with Gasteiger partial charge in [0.1, 0.15) is 18.1 Å². The molecule has 0 saturated heterocycles. The fourth-order valence-corrected chi connectivity index (χ4v) is 3.91. The van der Waals surface area contributed by atoms with E-state index in [1.54, 1.807) is 48.5 Å². The van der Waals surface area contributed by atoms with E-state index in [2.05, 4.69) is 10.6 Å². The molecule has 2 aromatic carbocycles. The molecule has 0 aliphatic heterocycles. The summed E-state index contributed by atoms with van der Waals surface area (Å²) < 4.78 is 10.9. The van der Waals surface area contributed by atoms with E-state index in [-0.39, 0.29) is 30.7 Å².